The van der Waals surface area contributed by atoms with E-state index in [0.717, 1.165) is 5.56 Å². The fourth-order valence-corrected chi connectivity index (χ4v) is 2.35. The average Bonchev–Trinajstić information content (AvgIpc) is 2.57. The molecule has 0 aliphatic carbocycles. The van der Waals surface area contributed by atoms with Gasteiger partial charge in [-0.25, -0.2) is 22.0 Å². The van der Waals surface area contributed by atoms with Gasteiger partial charge in [0.15, 0.2) is 23.3 Å². The average molecular weight is 403 g/mol. The molecule has 0 saturated carbocycles. The number of rotatable bonds is 1. The van der Waals surface area contributed by atoms with Crippen LogP contribution in [0.15, 0.2) is 24.3 Å². The first kappa shape index (κ1) is 23.5. The van der Waals surface area contributed by atoms with Crippen LogP contribution in [0.4, 0.5) is 27.6 Å². The molecule has 0 amide bonds. The molecule has 0 radical (unpaired) electrons. The van der Waals surface area contributed by atoms with E-state index in [9.17, 15) is 32.1 Å². The molecule has 0 aromatic heterocycles. The zero-order valence-corrected chi connectivity index (χ0v) is 16.5. The smallest absolute Gasteiger partial charge is 0.258 e. The van der Waals surface area contributed by atoms with Gasteiger partial charge < -0.3 is 0 Å². The standard InChI is InChI=1S/C10H9F5.C10H13NO2/c1-10(2,3)4-5(11)7(13)9(15)8(14)6(4)12;1-10(2,3)8-4-6-9(7-5-8)11(12)13/h1-3H3;4-7H,1-3H3. The molecule has 154 valence electrons. The Kier molecular flexibility index (Phi) is 6.93. The van der Waals surface area contributed by atoms with Gasteiger partial charge in [-0.15, -0.1) is 0 Å². The third-order valence-corrected chi connectivity index (χ3v) is 3.90. The van der Waals surface area contributed by atoms with Crippen LogP contribution in [0.25, 0.3) is 0 Å². The van der Waals surface area contributed by atoms with Crippen LogP contribution in [-0.4, -0.2) is 4.92 Å². The number of benzene rings is 2. The van der Waals surface area contributed by atoms with Crippen molar-refractivity contribution in [1.29, 1.82) is 0 Å². The highest BCUT2D eigenvalue weighted by Crippen LogP contribution is 2.32. The molecule has 3 nitrogen and oxygen atoms in total. The molecule has 0 aliphatic rings. The van der Waals surface area contributed by atoms with Crippen molar-refractivity contribution in [1.82, 2.24) is 0 Å². The molecule has 0 heterocycles. The van der Waals surface area contributed by atoms with E-state index in [1.165, 1.54) is 20.8 Å². The minimum atomic E-state index is -2.13. The van der Waals surface area contributed by atoms with Crippen LogP contribution in [0.5, 0.6) is 0 Å². The van der Waals surface area contributed by atoms with Crippen LogP contribution >= 0.6 is 0 Å². The van der Waals surface area contributed by atoms with Gasteiger partial charge in [0.1, 0.15) is 0 Å². The molecule has 2 aromatic rings. The van der Waals surface area contributed by atoms with Gasteiger partial charge in [-0.3, -0.25) is 10.1 Å². The molecule has 8 heteroatoms. The molecule has 0 fully saturated rings. The van der Waals surface area contributed by atoms with Gasteiger partial charge >= 0.3 is 0 Å². The Balaban J connectivity index is 0.000000283. The van der Waals surface area contributed by atoms with E-state index >= 15 is 0 Å². The molecule has 2 rings (SSSR count). The zero-order chi connectivity index (χ0) is 22.0. The maximum Gasteiger partial charge on any atom is 0.269 e. The number of hydrogen-bond acceptors (Lipinski definition) is 2. The lowest BCUT2D eigenvalue weighted by atomic mass is 9.86. The van der Waals surface area contributed by atoms with Gasteiger partial charge in [-0.2, -0.15) is 0 Å². The summed E-state index contributed by atoms with van der Waals surface area (Å²) >= 11 is 0. The largest absolute Gasteiger partial charge is 0.269 e. The molecule has 0 bridgehead atoms. The SMILES string of the molecule is CC(C)(C)c1c(F)c(F)c(F)c(F)c1F.CC(C)(C)c1ccc([N+](=O)[O-])cc1. The van der Waals surface area contributed by atoms with E-state index < -0.39 is 40.1 Å². The first-order valence-electron chi connectivity index (χ1n) is 8.36. The predicted octanol–water partition coefficient (Wildman–Crippen LogP) is 6.57. The highest BCUT2D eigenvalue weighted by Gasteiger charge is 2.31. The van der Waals surface area contributed by atoms with E-state index in [-0.39, 0.29) is 16.0 Å². The second-order valence-electron chi connectivity index (χ2n) is 8.25. The van der Waals surface area contributed by atoms with Gasteiger partial charge in [0.2, 0.25) is 5.82 Å². The van der Waals surface area contributed by atoms with E-state index in [0.29, 0.717) is 0 Å². The molecular formula is C20H22F5NO2. The Morgan fingerprint density at radius 2 is 1.04 bits per heavy atom. The van der Waals surface area contributed by atoms with Crippen molar-refractivity contribution >= 4 is 5.69 Å². The van der Waals surface area contributed by atoms with Crippen molar-refractivity contribution in [3.8, 4) is 0 Å². The number of hydrogen-bond donors (Lipinski definition) is 0. The van der Waals surface area contributed by atoms with E-state index in [2.05, 4.69) is 20.8 Å². The molecule has 28 heavy (non-hydrogen) atoms. The minimum absolute atomic E-state index is 0.0507. The molecule has 2 aromatic carbocycles. The topological polar surface area (TPSA) is 43.1 Å². The minimum Gasteiger partial charge on any atom is -0.258 e. The Morgan fingerprint density at radius 3 is 1.32 bits per heavy atom. The van der Waals surface area contributed by atoms with Crippen molar-refractivity contribution in [2.75, 3.05) is 0 Å². The summed E-state index contributed by atoms with van der Waals surface area (Å²) < 4.78 is 64.6. The second kappa shape index (κ2) is 8.24. The van der Waals surface area contributed by atoms with Crippen LogP contribution in [0.3, 0.4) is 0 Å². The number of nitro groups is 1. The predicted molar refractivity (Wildman–Crippen MR) is 96.7 cm³/mol. The number of nitrogens with zero attached hydrogens (tertiary/aromatic N) is 1. The lowest BCUT2D eigenvalue weighted by Gasteiger charge is -2.21. The zero-order valence-electron chi connectivity index (χ0n) is 16.5. The Morgan fingerprint density at radius 1 is 0.679 bits per heavy atom. The van der Waals surface area contributed by atoms with Gasteiger partial charge in [-0.1, -0.05) is 53.7 Å². The lowest BCUT2D eigenvalue weighted by Crippen LogP contribution is -2.20. The highest BCUT2D eigenvalue weighted by atomic mass is 19.2. The Hall–Kier alpha value is -2.51. The number of nitro benzene ring substituents is 1. The van der Waals surface area contributed by atoms with Crippen LogP contribution in [0, 0.1) is 39.2 Å². The summed E-state index contributed by atoms with van der Waals surface area (Å²) in [6, 6.07) is 6.69. The first-order valence-corrected chi connectivity index (χ1v) is 8.36. The summed E-state index contributed by atoms with van der Waals surface area (Å²) in [5.41, 5.74) is -0.636. The maximum absolute atomic E-state index is 13.2. The van der Waals surface area contributed by atoms with Gasteiger partial charge in [0.05, 0.1) is 4.92 Å². The van der Waals surface area contributed by atoms with Gasteiger partial charge in [0, 0.05) is 17.7 Å². The van der Waals surface area contributed by atoms with Crippen molar-refractivity contribution in [3.63, 3.8) is 0 Å². The Labute approximate surface area is 160 Å². The summed E-state index contributed by atoms with van der Waals surface area (Å²) in [6.07, 6.45) is 0. The molecule has 0 atom stereocenters. The molecule has 0 saturated heterocycles. The van der Waals surface area contributed by atoms with Crippen molar-refractivity contribution in [2.45, 2.75) is 52.4 Å². The quantitative estimate of drug-likeness (QED) is 0.178. The van der Waals surface area contributed by atoms with E-state index in [1.54, 1.807) is 24.3 Å². The fourth-order valence-electron chi connectivity index (χ4n) is 2.35. The van der Waals surface area contributed by atoms with E-state index in [1.807, 2.05) is 0 Å². The Bertz CT molecular complexity index is 837. The third-order valence-electron chi connectivity index (χ3n) is 3.90. The summed E-state index contributed by atoms with van der Waals surface area (Å²) in [5, 5.41) is 10.4. The number of halogens is 5. The summed E-state index contributed by atoms with van der Waals surface area (Å²) in [4.78, 5) is 9.98. The summed E-state index contributed by atoms with van der Waals surface area (Å²) in [5.74, 6) is -9.46. The molecule has 0 unspecified atom stereocenters. The maximum atomic E-state index is 13.2. The monoisotopic (exact) mass is 403 g/mol. The third kappa shape index (κ3) is 5.27. The van der Waals surface area contributed by atoms with Gasteiger partial charge in [0.25, 0.3) is 5.69 Å². The summed E-state index contributed by atoms with van der Waals surface area (Å²) in [7, 11) is 0. The van der Waals surface area contributed by atoms with Crippen LogP contribution in [0.2, 0.25) is 0 Å². The van der Waals surface area contributed by atoms with Crippen LogP contribution in [-0.2, 0) is 10.8 Å². The van der Waals surface area contributed by atoms with Crippen molar-refractivity contribution in [2.24, 2.45) is 0 Å². The molecule has 0 aliphatic heterocycles. The van der Waals surface area contributed by atoms with Crippen molar-refractivity contribution in [3.05, 3.63) is 74.6 Å². The fraction of sp³-hybridized carbons (Fsp3) is 0.400. The highest BCUT2D eigenvalue weighted by molar-refractivity contribution is 5.35. The number of non-ortho nitro benzene ring substituents is 1. The lowest BCUT2D eigenvalue weighted by molar-refractivity contribution is -0.384. The molecule has 0 N–H and O–H groups in total. The van der Waals surface area contributed by atoms with Crippen molar-refractivity contribution < 1.29 is 26.9 Å². The first-order chi connectivity index (χ1) is 12.6. The summed E-state index contributed by atoms with van der Waals surface area (Å²) in [6.45, 7) is 10.3. The molecular weight excluding hydrogens is 381 g/mol. The second-order valence-corrected chi connectivity index (χ2v) is 8.25. The van der Waals surface area contributed by atoms with Crippen LogP contribution < -0.4 is 0 Å². The van der Waals surface area contributed by atoms with Gasteiger partial charge in [-0.05, 0) is 16.4 Å². The van der Waals surface area contributed by atoms with Crippen LogP contribution in [0.1, 0.15) is 52.7 Å². The van der Waals surface area contributed by atoms with E-state index in [4.69, 9.17) is 0 Å². The normalized spacial score (nSPS) is 11.7. The molecule has 0 spiro atoms.